The summed E-state index contributed by atoms with van der Waals surface area (Å²) >= 11 is 0. The van der Waals surface area contributed by atoms with Crippen LogP contribution < -0.4 is 20.7 Å². The Morgan fingerprint density at radius 3 is 2.41 bits per heavy atom. The van der Waals surface area contributed by atoms with Gasteiger partial charge < -0.3 is 30.5 Å². The van der Waals surface area contributed by atoms with Crippen LogP contribution in [0.2, 0.25) is 0 Å². The molecular weight excluding hydrogens is 584 g/mol. The molecular formula is C36H56N4O6. The Labute approximate surface area is 275 Å². The van der Waals surface area contributed by atoms with Crippen molar-refractivity contribution < 1.29 is 29.0 Å². The number of hydrogen-bond acceptors (Lipinski definition) is 7. The minimum atomic E-state index is -0.962. The van der Waals surface area contributed by atoms with Crippen molar-refractivity contribution in [2.45, 2.75) is 116 Å². The first-order valence-corrected chi connectivity index (χ1v) is 17.2. The smallest absolute Gasteiger partial charge is 0.247 e. The number of ether oxygens (including phenoxy) is 2. The number of fused-ring (bicyclic) bond motifs is 16. The van der Waals surface area contributed by atoms with E-state index in [9.17, 15) is 19.5 Å². The van der Waals surface area contributed by atoms with Crippen LogP contribution in [0.3, 0.4) is 0 Å². The number of aliphatic hydroxyl groups excluding tert-OH is 1. The summed E-state index contributed by atoms with van der Waals surface area (Å²) in [5.74, 6) is 0.753. The van der Waals surface area contributed by atoms with Gasteiger partial charge in [-0.05, 0) is 88.3 Å². The van der Waals surface area contributed by atoms with Crippen molar-refractivity contribution in [1.82, 2.24) is 20.9 Å². The summed E-state index contributed by atoms with van der Waals surface area (Å²) in [5.41, 5.74) is 0.566. The average Bonchev–Trinajstić information content (AvgIpc) is 2.99. The Balaban J connectivity index is 1.58. The van der Waals surface area contributed by atoms with Gasteiger partial charge in [0.05, 0.1) is 37.7 Å². The van der Waals surface area contributed by atoms with E-state index in [2.05, 4.69) is 20.9 Å². The van der Waals surface area contributed by atoms with Gasteiger partial charge in [-0.25, -0.2) is 0 Å². The van der Waals surface area contributed by atoms with Gasteiger partial charge in [0.2, 0.25) is 17.7 Å². The molecule has 256 valence electrons. The molecule has 6 atom stereocenters. The molecule has 3 aliphatic heterocycles. The molecule has 2 bridgehead atoms. The molecule has 1 saturated heterocycles. The highest BCUT2D eigenvalue weighted by atomic mass is 16.5. The van der Waals surface area contributed by atoms with Crippen molar-refractivity contribution in [3.63, 3.8) is 0 Å². The fourth-order valence-electron chi connectivity index (χ4n) is 6.92. The molecule has 4 aliphatic rings. The monoisotopic (exact) mass is 640 g/mol. The molecule has 0 unspecified atom stereocenters. The molecule has 10 heteroatoms. The molecule has 1 aromatic rings. The number of nitrogens with zero attached hydrogens (tertiary/aromatic N) is 1. The second kappa shape index (κ2) is 16.6. The lowest BCUT2D eigenvalue weighted by atomic mass is 9.72. The summed E-state index contributed by atoms with van der Waals surface area (Å²) in [6, 6.07) is 5.91. The van der Waals surface area contributed by atoms with Crippen LogP contribution in [0.5, 0.6) is 5.75 Å². The van der Waals surface area contributed by atoms with Crippen LogP contribution in [0.15, 0.2) is 36.6 Å². The lowest BCUT2D eigenvalue weighted by Crippen LogP contribution is -2.61. The number of hydrogen-bond donors (Lipinski definition) is 4. The predicted octanol–water partition coefficient (Wildman–Crippen LogP) is 3.71. The Morgan fingerprint density at radius 1 is 1.02 bits per heavy atom. The highest BCUT2D eigenvalue weighted by Gasteiger charge is 2.42. The van der Waals surface area contributed by atoms with Crippen LogP contribution in [0.4, 0.5) is 0 Å². The first-order valence-electron chi connectivity index (χ1n) is 17.2. The minimum Gasteiger partial charge on any atom is -0.501 e. The lowest BCUT2D eigenvalue weighted by molar-refractivity contribution is -0.133. The van der Waals surface area contributed by atoms with Crippen LogP contribution >= 0.6 is 0 Å². The molecule has 10 nitrogen and oxygen atoms in total. The number of piperidine rings is 1. The van der Waals surface area contributed by atoms with Crippen molar-refractivity contribution in [3.8, 4) is 5.75 Å². The Bertz CT molecular complexity index is 1180. The molecule has 0 aromatic heterocycles. The zero-order chi connectivity index (χ0) is 33.3. The first kappa shape index (κ1) is 35.7. The van der Waals surface area contributed by atoms with Gasteiger partial charge in [0.1, 0.15) is 11.8 Å². The zero-order valence-corrected chi connectivity index (χ0v) is 28.4. The Kier molecular flexibility index (Phi) is 12.9. The molecule has 3 amide bonds. The van der Waals surface area contributed by atoms with E-state index in [1.54, 1.807) is 0 Å². The van der Waals surface area contributed by atoms with Crippen LogP contribution in [0, 0.1) is 17.8 Å². The summed E-state index contributed by atoms with van der Waals surface area (Å²) in [6.07, 6.45) is 9.07. The third-order valence-electron chi connectivity index (χ3n) is 9.38. The van der Waals surface area contributed by atoms with E-state index in [-0.39, 0.29) is 35.9 Å². The summed E-state index contributed by atoms with van der Waals surface area (Å²) in [5, 5.41) is 20.9. The van der Waals surface area contributed by atoms with Gasteiger partial charge in [0.25, 0.3) is 0 Å². The molecule has 1 aromatic carbocycles. The molecule has 1 aliphatic carbocycles. The Morgan fingerprint density at radius 2 is 1.72 bits per heavy atom. The molecule has 0 spiro atoms. The van der Waals surface area contributed by atoms with Gasteiger partial charge in [-0.2, -0.15) is 0 Å². The van der Waals surface area contributed by atoms with E-state index in [4.69, 9.17) is 9.47 Å². The van der Waals surface area contributed by atoms with Crippen molar-refractivity contribution in [2.24, 2.45) is 17.8 Å². The molecule has 4 N–H and O–H groups in total. The summed E-state index contributed by atoms with van der Waals surface area (Å²) in [6.45, 7) is 11.7. The maximum absolute atomic E-state index is 13.7. The number of rotatable bonds is 5. The highest BCUT2D eigenvalue weighted by molar-refractivity contribution is 5.93. The van der Waals surface area contributed by atoms with E-state index in [1.165, 1.54) is 25.2 Å². The lowest BCUT2D eigenvalue weighted by Gasteiger charge is -2.47. The average molecular weight is 641 g/mol. The molecule has 46 heavy (non-hydrogen) atoms. The van der Waals surface area contributed by atoms with E-state index in [1.807, 2.05) is 58.9 Å². The van der Waals surface area contributed by atoms with E-state index < -0.39 is 24.1 Å². The molecule has 3 heterocycles. The van der Waals surface area contributed by atoms with Gasteiger partial charge in [0.15, 0.2) is 0 Å². The predicted molar refractivity (Wildman–Crippen MR) is 178 cm³/mol. The maximum Gasteiger partial charge on any atom is 0.247 e. The largest absolute Gasteiger partial charge is 0.501 e. The van der Waals surface area contributed by atoms with Gasteiger partial charge in [-0.15, -0.1) is 0 Å². The topological polar surface area (TPSA) is 129 Å². The summed E-state index contributed by atoms with van der Waals surface area (Å²) < 4.78 is 11.3. The number of likely N-dealkylation sites (tertiary alicyclic amines) is 1. The number of carbonyl (C=O) groups is 3. The number of benzene rings is 1. The zero-order valence-electron chi connectivity index (χ0n) is 28.4. The standard InChI is InChI=1S/C36H56N4O6/c1-24(2)33-35(44)37-29(20-25-12-14-28(15-13-25)46-18-9-8-17-45-19-16-32(42)38-33)31(41)23-40-22-27-11-7-6-10-26(27)21-30(40)34(43)39-36(3,4)5/h12-16,19,24,26-27,29-31,33,41H,6-11,17-18,20-23H2,1-5H3,(H,37,44)(H,38,42)(H,39,43)/b19-16-/t26-,27+,29-,30-,31+,33-/m0/s1. The van der Waals surface area contributed by atoms with Crippen molar-refractivity contribution in [2.75, 3.05) is 26.3 Å². The fourth-order valence-corrected chi connectivity index (χ4v) is 6.92. The molecule has 0 radical (unpaired) electrons. The molecule has 5 rings (SSSR count). The van der Waals surface area contributed by atoms with Crippen LogP contribution in [0.25, 0.3) is 0 Å². The molecule has 1 saturated carbocycles. The summed E-state index contributed by atoms with van der Waals surface area (Å²) in [7, 11) is 0. The Hall–Kier alpha value is -3.11. The van der Waals surface area contributed by atoms with E-state index in [0.717, 1.165) is 50.0 Å². The normalized spacial score (nSPS) is 28.6. The van der Waals surface area contributed by atoms with Gasteiger partial charge in [0, 0.05) is 24.7 Å². The third kappa shape index (κ3) is 10.7. The number of β-amino-alcohol motifs (C(OH)–C–C–N with tert-alkyl or cyclic N) is 1. The maximum atomic E-state index is 13.7. The van der Waals surface area contributed by atoms with E-state index in [0.29, 0.717) is 31.5 Å². The fraction of sp³-hybridized carbons (Fsp3) is 0.694. The number of aliphatic hydroxyl groups is 1. The first-order chi connectivity index (χ1) is 21.9. The van der Waals surface area contributed by atoms with Gasteiger partial charge in [-0.3, -0.25) is 19.3 Å². The highest BCUT2D eigenvalue weighted by Crippen LogP contribution is 2.39. The second-order valence-corrected chi connectivity index (χ2v) is 14.7. The number of nitrogens with one attached hydrogen (secondary N) is 3. The number of carbonyl (C=O) groups excluding carboxylic acids is 3. The minimum absolute atomic E-state index is 0.0107. The second-order valence-electron chi connectivity index (χ2n) is 14.7. The van der Waals surface area contributed by atoms with Crippen molar-refractivity contribution in [3.05, 3.63) is 42.2 Å². The van der Waals surface area contributed by atoms with E-state index >= 15 is 0 Å². The third-order valence-corrected chi connectivity index (χ3v) is 9.38. The van der Waals surface area contributed by atoms with Crippen LogP contribution in [-0.2, 0) is 25.5 Å². The SMILES string of the molecule is CC(C)[C@@H]1NC(=O)/C=C\OCCCCOc2ccc(cc2)C[C@@H]([C@H](O)CN2C[C@H]3CCCC[C@H]3C[C@H]2C(=O)NC(C)(C)C)NC1=O. The van der Waals surface area contributed by atoms with Crippen LogP contribution in [0.1, 0.15) is 85.1 Å². The van der Waals surface area contributed by atoms with Gasteiger partial charge >= 0.3 is 0 Å². The number of amides is 3. The summed E-state index contributed by atoms with van der Waals surface area (Å²) in [4.78, 5) is 42.2. The van der Waals surface area contributed by atoms with Crippen molar-refractivity contribution in [1.29, 1.82) is 0 Å². The van der Waals surface area contributed by atoms with Crippen molar-refractivity contribution >= 4 is 17.7 Å². The van der Waals surface area contributed by atoms with Crippen LogP contribution in [-0.4, -0.2) is 83.8 Å². The molecule has 2 fully saturated rings. The van der Waals surface area contributed by atoms with Gasteiger partial charge in [-0.1, -0.05) is 45.2 Å². The quantitative estimate of drug-likeness (QED) is 0.386.